The average Bonchev–Trinajstić information content (AvgIpc) is 3.15. The summed E-state index contributed by atoms with van der Waals surface area (Å²) in [6, 6.07) is 8.32. The van der Waals surface area contributed by atoms with Crippen molar-refractivity contribution in [2.75, 3.05) is 39.9 Å². The van der Waals surface area contributed by atoms with E-state index >= 15 is 0 Å². The molecule has 2 aliphatic heterocycles. The van der Waals surface area contributed by atoms with Gasteiger partial charge in [-0.2, -0.15) is 5.10 Å². The summed E-state index contributed by atoms with van der Waals surface area (Å²) in [6.45, 7) is 3.90. The maximum atomic E-state index is 5.95. The van der Waals surface area contributed by atoms with Gasteiger partial charge in [-0.05, 0) is 18.1 Å². The Morgan fingerprint density at radius 2 is 2.22 bits per heavy atom. The van der Waals surface area contributed by atoms with Crippen LogP contribution in [0.4, 0.5) is 0 Å². The summed E-state index contributed by atoms with van der Waals surface area (Å²) in [4.78, 5) is 6.78. The van der Waals surface area contributed by atoms with Crippen molar-refractivity contribution in [3.63, 3.8) is 0 Å². The van der Waals surface area contributed by atoms with Crippen LogP contribution in [-0.2, 0) is 11.8 Å². The Kier molecular flexibility index (Phi) is 5.29. The van der Waals surface area contributed by atoms with Crippen LogP contribution in [0, 0.1) is 0 Å². The van der Waals surface area contributed by atoms with E-state index in [1.165, 1.54) is 5.56 Å². The number of rotatable bonds is 3. The van der Waals surface area contributed by atoms with Gasteiger partial charge in [0.25, 0.3) is 0 Å². The van der Waals surface area contributed by atoms with E-state index in [0.717, 1.165) is 49.9 Å². The maximum absolute atomic E-state index is 5.95. The van der Waals surface area contributed by atoms with E-state index in [2.05, 4.69) is 38.5 Å². The van der Waals surface area contributed by atoms with Crippen LogP contribution in [0.2, 0.25) is 0 Å². The molecule has 3 heterocycles. The van der Waals surface area contributed by atoms with Crippen LogP contribution in [0.3, 0.4) is 0 Å². The third-order valence-electron chi connectivity index (χ3n) is 5.26. The number of nitrogens with one attached hydrogen (secondary N) is 1. The Morgan fingerprint density at radius 1 is 1.33 bits per heavy atom. The van der Waals surface area contributed by atoms with Crippen LogP contribution >= 0.6 is 0 Å². The van der Waals surface area contributed by atoms with Gasteiger partial charge in [-0.1, -0.05) is 18.2 Å². The summed E-state index contributed by atoms with van der Waals surface area (Å²) >= 11 is 0. The number of para-hydroxylation sites is 1. The Morgan fingerprint density at radius 3 is 3.04 bits per heavy atom. The van der Waals surface area contributed by atoms with E-state index < -0.39 is 0 Å². The fourth-order valence-electron chi connectivity index (χ4n) is 3.82. The fraction of sp³-hybridized carbons (Fsp3) is 0.500. The number of ether oxygens (including phenoxy) is 2. The lowest BCUT2D eigenvalue weighted by molar-refractivity contribution is -0.00805. The molecule has 144 valence electrons. The number of fused-ring (bicyclic) bond motifs is 1. The zero-order chi connectivity index (χ0) is 18.6. The van der Waals surface area contributed by atoms with E-state index in [4.69, 9.17) is 9.47 Å². The molecule has 7 heteroatoms. The van der Waals surface area contributed by atoms with E-state index in [1.54, 1.807) is 0 Å². The molecular weight excluding hydrogens is 342 g/mol. The molecule has 1 saturated heterocycles. The fourth-order valence-corrected chi connectivity index (χ4v) is 3.82. The summed E-state index contributed by atoms with van der Waals surface area (Å²) in [7, 11) is 3.77. The van der Waals surface area contributed by atoms with Crippen molar-refractivity contribution in [3.8, 4) is 5.75 Å². The van der Waals surface area contributed by atoms with Crippen LogP contribution in [0.5, 0.6) is 5.75 Å². The van der Waals surface area contributed by atoms with Crippen molar-refractivity contribution in [2.45, 2.75) is 18.4 Å². The number of benzene rings is 1. The van der Waals surface area contributed by atoms with Gasteiger partial charge in [0, 0.05) is 44.9 Å². The molecule has 0 radical (unpaired) electrons. The SMILES string of the molecule is CN=C(NCC1CCOc2ccccc21)N1CCOC(c2cnn(C)c2)C1. The van der Waals surface area contributed by atoms with E-state index in [-0.39, 0.29) is 6.10 Å². The predicted octanol–water partition coefficient (Wildman–Crippen LogP) is 1.94. The predicted molar refractivity (Wildman–Crippen MR) is 104 cm³/mol. The minimum atomic E-state index is 0.0230. The Balaban J connectivity index is 1.40. The monoisotopic (exact) mass is 369 g/mol. The molecular formula is C20H27N5O2. The molecule has 0 saturated carbocycles. The lowest BCUT2D eigenvalue weighted by Crippen LogP contribution is -2.49. The first-order valence-electron chi connectivity index (χ1n) is 9.52. The largest absolute Gasteiger partial charge is 0.493 e. The number of aliphatic imine (C=N–C) groups is 1. The van der Waals surface area contributed by atoms with Gasteiger partial charge in [-0.15, -0.1) is 0 Å². The molecule has 1 fully saturated rings. The highest BCUT2D eigenvalue weighted by Gasteiger charge is 2.26. The first-order valence-corrected chi connectivity index (χ1v) is 9.52. The normalized spacial score (nSPS) is 22.9. The molecule has 4 rings (SSSR count). The van der Waals surface area contributed by atoms with E-state index in [1.807, 2.05) is 37.2 Å². The van der Waals surface area contributed by atoms with Gasteiger partial charge in [0.05, 0.1) is 26.0 Å². The summed E-state index contributed by atoms with van der Waals surface area (Å²) in [5, 5.41) is 7.83. The second-order valence-electron chi connectivity index (χ2n) is 7.05. The zero-order valence-electron chi connectivity index (χ0n) is 16.0. The first kappa shape index (κ1) is 17.9. The van der Waals surface area contributed by atoms with Gasteiger partial charge in [-0.25, -0.2) is 0 Å². The van der Waals surface area contributed by atoms with Gasteiger partial charge in [0.1, 0.15) is 11.9 Å². The minimum Gasteiger partial charge on any atom is -0.493 e. The Labute approximate surface area is 160 Å². The average molecular weight is 369 g/mol. The number of guanidine groups is 1. The number of hydrogen-bond donors (Lipinski definition) is 1. The summed E-state index contributed by atoms with van der Waals surface area (Å²) in [5.74, 6) is 2.37. The quantitative estimate of drug-likeness (QED) is 0.662. The molecule has 1 aromatic heterocycles. The zero-order valence-corrected chi connectivity index (χ0v) is 16.0. The third-order valence-corrected chi connectivity index (χ3v) is 5.26. The minimum absolute atomic E-state index is 0.0230. The molecule has 7 nitrogen and oxygen atoms in total. The topological polar surface area (TPSA) is 63.9 Å². The highest BCUT2D eigenvalue weighted by Crippen LogP contribution is 2.32. The number of nitrogens with zero attached hydrogens (tertiary/aromatic N) is 4. The molecule has 0 spiro atoms. The number of aromatic nitrogens is 2. The second-order valence-corrected chi connectivity index (χ2v) is 7.05. The first-order chi connectivity index (χ1) is 13.2. The molecule has 0 amide bonds. The van der Waals surface area contributed by atoms with Crippen LogP contribution < -0.4 is 10.1 Å². The number of morpholine rings is 1. The van der Waals surface area contributed by atoms with Crippen molar-refractivity contribution in [1.29, 1.82) is 0 Å². The van der Waals surface area contributed by atoms with E-state index in [9.17, 15) is 0 Å². The Hall–Kier alpha value is -2.54. The standard InChI is InChI=1S/C20H27N5O2/c1-21-20(22-11-15-7-9-26-18-6-4-3-5-17(15)18)25-8-10-27-19(14-25)16-12-23-24(2)13-16/h3-6,12-13,15,19H,7-11,14H2,1-2H3,(H,21,22). The lowest BCUT2D eigenvalue weighted by Gasteiger charge is -2.35. The van der Waals surface area contributed by atoms with Crippen molar-refractivity contribution >= 4 is 5.96 Å². The summed E-state index contributed by atoms with van der Waals surface area (Å²) < 4.78 is 13.5. The van der Waals surface area contributed by atoms with Crippen molar-refractivity contribution in [3.05, 3.63) is 47.8 Å². The lowest BCUT2D eigenvalue weighted by atomic mass is 9.93. The molecule has 1 aromatic carbocycles. The molecule has 2 unspecified atom stereocenters. The molecule has 2 aromatic rings. The van der Waals surface area contributed by atoms with Gasteiger partial charge in [0.2, 0.25) is 0 Å². The second kappa shape index (κ2) is 8.00. The molecule has 2 aliphatic rings. The summed E-state index contributed by atoms with van der Waals surface area (Å²) in [5.41, 5.74) is 2.39. The highest BCUT2D eigenvalue weighted by molar-refractivity contribution is 5.80. The van der Waals surface area contributed by atoms with Gasteiger partial charge >= 0.3 is 0 Å². The van der Waals surface area contributed by atoms with Crippen LogP contribution in [0.25, 0.3) is 0 Å². The number of aryl methyl sites for hydroxylation is 1. The van der Waals surface area contributed by atoms with Gasteiger partial charge in [0.15, 0.2) is 5.96 Å². The van der Waals surface area contributed by atoms with E-state index in [0.29, 0.717) is 12.5 Å². The smallest absolute Gasteiger partial charge is 0.193 e. The Bertz CT molecular complexity index is 803. The third kappa shape index (κ3) is 3.93. The molecule has 1 N–H and O–H groups in total. The van der Waals surface area contributed by atoms with Crippen molar-refractivity contribution in [2.24, 2.45) is 12.0 Å². The number of hydrogen-bond acceptors (Lipinski definition) is 4. The molecule has 0 aliphatic carbocycles. The van der Waals surface area contributed by atoms with Crippen molar-refractivity contribution < 1.29 is 9.47 Å². The molecule has 0 bridgehead atoms. The maximum Gasteiger partial charge on any atom is 0.193 e. The van der Waals surface area contributed by atoms with Gasteiger partial charge < -0.3 is 19.7 Å². The van der Waals surface area contributed by atoms with Gasteiger partial charge in [-0.3, -0.25) is 9.67 Å². The highest BCUT2D eigenvalue weighted by atomic mass is 16.5. The van der Waals surface area contributed by atoms with Crippen LogP contribution in [0.15, 0.2) is 41.7 Å². The molecule has 2 atom stereocenters. The van der Waals surface area contributed by atoms with Crippen molar-refractivity contribution in [1.82, 2.24) is 20.0 Å². The van der Waals surface area contributed by atoms with Crippen LogP contribution in [-0.4, -0.2) is 60.5 Å². The molecule has 27 heavy (non-hydrogen) atoms. The van der Waals surface area contributed by atoms with Crippen LogP contribution in [0.1, 0.15) is 29.6 Å². The summed E-state index contributed by atoms with van der Waals surface area (Å²) in [6.07, 6.45) is 4.93.